The summed E-state index contributed by atoms with van der Waals surface area (Å²) in [6.45, 7) is 0.00987. The van der Waals surface area contributed by atoms with Crippen LogP contribution in [0.1, 0.15) is 28.8 Å². The Morgan fingerprint density at radius 3 is 2.29 bits per heavy atom. The van der Waals surface area contributed by atoms with Crippen LogP contribution in [0, 0.1) is 0 Å². The Balaban J connectivity index is 1.44. The first-order valence-electron chi connectivity index (χ1n) is 11.8. The number of alkyl halides is 6. The number of aryl methyl sites for hydroxylation is 1. The average molecular weight is 649 g/mol. The zero-order valence-corrected chi connectivity index (χ0v) is 23.4. The summed E-state index contributed by atoms with van der Waals surface area (Å²) in [5.74, 6) is -1.90. The highest BCUT2D eigenvalue weighted by Gasteiger charge is 2.37. The van der Waals surface area contributed by atoms with Gasteiger partial charge in [-0.15, -0.1) is 11.3 Å². The Bertz CT molecular complexity index is 1550. The Hall–Kier alpha value is -3.70. The van der Waals surface area contributed by atoms with Crippen molar-refractivity contribution in [2.75, 3.05) is 11.9 Å². The Labute approximate surface area is 247 Å². The van der Waals surface area contributed by atoms with E-state index in [4.69, 9.17) is 17.3 Å². The van der Waals surface area contributed by atoms with Crippen molar-refractivity contribution in [2.45, 2.75) is 31.7 Å². The molecule has 17 heteroatoms. The van der Waals surface area contributed by atoms with Crippen molar-refractivity contribution in [3.05, 3.63) is 62.9 Å². The number of hydrogen-bond donors (Lipinski definition) is 2. The minimum Gasteiger partial charge on any atom is -0.481 e. The molecule has 4 rings (SSSR count). The standard InChI is InChI=1S/C25H18F6N4O4S3/c26-24(27,28)15-7-13(8-16(10-15)25(29,30)31)14-9-17(41-12-14)11-18-21(39)35(23(40)42-18)5-1-19(36)33-22-32-3-6-34(22)4-2-20(37)38/h3,6-12H,1-2,4-5H2,(H,37,38)(H,32,33,36). The first kappa shape index (κ1) is 31.2. The van der Waals surface area contributed by atoms with Crippen molar-refractivity contribution < 1.29 is 45.8 Å². The highest BCUT2D eigenvalue weighted by atomic mass is 32.2. The lowest BCUT2D eigenvalue weighted by atomic mass is 10.0. The van der Waals surface area contributed by atoms with Crippen LogP contribution in [0.15, 0.2) is 46.9 Å². The molecule has 1 saturated heterocycles. The number of thioether (sulfide) groups is 1. The summed E-state index contributed by atoms with van der Waals surface area (Å²) in [4.78, 5) is 41.9. The summed E-state index contributed by atoms with van der Waals surface area (Å²) in [5.41, 5.74) is -3.05. The molecule has 2 N–H and O–H groups in total. The largest absolute Gasteiger partial charge is 0.481 e. The first-order valence-corrected chi connectivity index (χ1v) is 13.9. The SMILES string of the molecule is O=C(O)CCn1ccnc1NC(=O)CCN1C(=O)C(=Cc2cc(-c3cc(C(F)(F)F)cc(C(F)(F)F)c3)cs2)SC1=S. The van der Waals surface area contributed by atoms with Gasteiger partial charge in [0.15, 0.2) is 0 Å². The number of rotatable bonds is 9. The monoisotopic (exact) mass is 648 g/mol. The summed E-state index contributed by atoms with van der Waals surface area (Å²) in [7, 11) is 0. The number of thiocarbonyl (C=S) groups is 1. The number of carboxylic acids is 1. The van der Waals surface area contributed by atoms with Gasteiger partial charge in [0, 0.05) is 36.8 Å². The zero-order chi connectivity index (χ0) is 30.8. The average Bonchev–Trinajstić information content (AvgIpc) is 3.60. The number of anilines is 1. The van der Waals surface area contributed by atoms with Crippen LogP contribution in [-0.2, 0) is 33.3 Å². The first-order chi connectivity index (χ1) is 19.6. The van der Waals surface area contributed by atoms with E-state index in [-0.39, 0.29) is 58.3 Å². The summed E-state index contributed by atoms with van der Waals surface area (Å²) in [6, 6.07) is 2.68. The second kappa shape index (κ2) is 12.3. The van der Waals surface area contributed by atoms with Crippen LogP contribution in [0.5, 0.6) is 0 Å². The Morgan fingerprint density at radius 1 is 1.00 bits per heavy atom. The predicted molar refractivity (Wildman–Crippen MR) is 147 cm³/mol. The molecule has 3 heterocycles. The second-order valence-electron chi connectivity index (χ2n) is 8.75. The number of benzene rings is 1. The number of amides is 2. The van der Waals surface area contributed by atoms with Crippen molar-refractivity contribution in [2.24, 2.45) is 0 Å². The van der Waals surface area contributed by atoms with Crippen molar-refractivity contribution in [3.8, 4) is 11.1 Å². The van der Waals surface area contributed by atoms with E-state index < -0.39 is 41.3 Å². The van der Waals surface area contributed by atoms with Gasteiger partial charge in [-0.3, -0.25) is 24.6 Å². The molecule has 0 aliphatic carbocycles. The molecule has 8 nitrogen and oxygen atoms in total. The maximum atomic E-state index is 13.2. The van der Waals surface area contributed by atoms with Crippen LogP contribution in [0.2, 0.25) is 0 Å². The number of thiophene rings is 1. The lowest BCUT2D eigenvalue weighted by molar-refractivity contribution is -0.143. The second-order valence-corrected chi connectivity index (χ2v) is 11.4. The van der Waals surface area contributed by atoms with Crippen molar-refractivity contribution in [1.82, 2.24) is 14.5 Å². The molecular weight excluding hydrogens is 630 g/mol. The molecule has 0 spiro atoms. The fourth-order valence-electron chi connectivity index (χ4n) is 3.75. The number of carbonyl (C=O) groups excluding carboxylic acids is 2. The highest BCUT2D eigenvalue weighted by molar-refractivity contribution is 8.26. The molecule has 1 fully saturated rings. The molecule has 222 valence electrons. The highest BCUT2D eigenvalue weighted by Crippen LogP contribution is 2.40. The summed E-state index contributed by atoms with van der Waals surface area (Å²) in [5, 5.41) is 12.8. The fourth-order valence-corrected chi connectivity index (χ4v) is 5.98. The number of nitrogens with one attached hydrogen (secondary N) is 1. The van der Waals surface area contributed by atoms with Crippen molar-refractivity contribution in [3.63, 3.8) is 0 Å². The Kier molecular flexibility index (Phi) is 9.12. The number of aromatic nitrogens is 2. The molecule has 0 unspecified atom stereocenters. The van der Waals surface area contributed by atoms with Crippen LogP contribution in [0.3, 0.4) is 0 Å². The third-order valence-electron chi connectivity index (χ3n) is 5.78. The lowest BCUT2D eigenvalue weighted by Crippen LogP contribution is -2.31. The maximum Gasteiger partial charge on any atom is 0.416 e. The quantitative estimate of drug-likeness (QED) is 0.158. The minimum atomic E-state index is -4.99. The number of halogens is 6. The smallest absolute Gasteiger partial charge is 0.416 e. The van der Waals surface area contributed by atoms with Crippen LogP contribution >= 0.6 is 35.3 Å². The van der Waals surface area contributed by atoms with Gasteiger partial charge in [0.1, 0.15) is 4.32 Å². The molecule has 1 aromatic carbocycles. The predicted octanol–water partition coefficient (Wildman–Crippen LogP) is 6.35. The summed E-state index contributed by atoms with van der Waals surface area (Å²) in [6.07, 6.45) is -5.99. The van der Waals surface area contributed by atoms with Gasteiger partial charge in [0.25, 0.3) is 5.91 Å². The minimum absolute atomic E-state index is 0.0516. The molecule has 0 bridgehead atoms. The van der Waals surface area contributed by atoms with Gasteiger partial charge in [-0.2, -0.15) is 26.3 Å². The topological polar surface area (TPSA) is 105 Å². The van der Waals surface area contributed by atoms with Gasteiger partial charge in [-0.25, -0.2) is 4.98 Å². The van der Waals surface area contributed by atoms with E-state index in [1.54, 1.807) is 0 Å². The number of carboxylic acid groups (broad SMARTS) is 1. The molecule has 2 amide bonds. The van der Waals surface area contributed by atoms with Crippen LogP contribution in [0.25, 0.3) is 17.2 Å². The van der Waals surface area contributed by atoms with E-state index in [2.05, 4.69) is 10.3 Å². The van der Waals surface area contributed by atoms with E-state index in [9.17, 15) is 40.7 Å². The van der Waals surface area contributed by atoms with Gasteiger partial charge in [-0.1, -0.05) is 24.0 Å². The molecule has 42 heavy (non-hydrogen) atoms. The molecular formula is C25H18F6N4O4S3. The van der Waals surface area contributed by atoms with Crippen LogP contribution in [-0.4, -0.2) is 48.2 Å². The third kappa shape index (κ3) is 7.57. The third-order valence-corrected chi connectivity index (χ3v) is 8.04. The molecule has 0 saturated carbocycles. The normalized spacial score (nSPS) is 15.1. The van der Waals surface area contributed by atoms with Crippen molar-refractivity contribution >= 4 is 69.4 Å². The van der Waals surface area contributed by atoms with E-state index in [1.165, 1.54) is 39.4 Å². The van der Waals surface area contributed by atoms with Gasteiger partial charge < -0.3 is 9.67 Å². The Morgan fingerprint density at radius 2 is 1.67 bits per heavy atom. The van der Waals surface area contributed by atoms with E-state index >= 15 is 0 Å². The molecule has 3 aromatic rings. The molecule has 1 aliphatic rings. The lowest BCUT2D eigenvalue weighted by Gasteiger charge is -2.14. The number of nitrogens with zero attached hydrogens (tertiary/aromatic N) is 3. The molecule has 2 aromatic heterocycles. The number of aliphatic carboxylic acids is 1. The number of carbonyl (C=O) groups is 3. The van der Waals surface area contributed by atoms with E-state index in [0.29, 0.717) is 17.0 Å². The van der Waals surface area contributed by atoms with Gasteiger partial charge >= 0.3 is 18.3 Å². The number of hydrogen-bond acceptors (Lipinski definition) is 7. The maximum absolute atomic E-state index is 13.2. The molecule has 1 aliphatic heterocycles. The van der Waals surface area contributed by atoms with Crippen molar-refractivity contribution in [1.29, 1.82) is 0 Å². The zero-order valence-electron chi connectivity index (χ0n) is 21.0. The molecule has 0 radical (unpaired) electrons. The fraction of sp³-hybridized carbons (Fsp3) is 0.240. The molecule has 0 atom stereocenters. The van der Waals surface area contributed by atoms with Crippen LogP contribution < -0.4 is 5.32 Å². The summed E-state index contributed by atoms with van der Waals surface area (Å²) >= 11 is 7.20. The van der Waals surface area contributed by atoms with E-state index in [0.717, 1.165) is 23.1 Å². The van der Waals surface area contributed by atoms with Gasteiger partial charge in [0.2, 0.25) is 11.9 Å². The van der Waals surface area contributed by atoms with Gasteiger partial charge in [0.05, 0.1) is 22.5 Å². The van der Waals surface area contributed by atoms with E-state index in [1.807, 2.05) is 0 Å². The number of imidazole rings is 1. The summed E-state index contributed by atoms with van der Waals surface area (Å²) < 4.78 is 81.1. The van der Waals surface area contributed by atoms with Gasteiger partial charge in [-0.05, 0) is 46.8 Å². The van der Waals surface area contributed by atoms with Crippen LogP contribution in [0.4, 0.5) is 32.3 Å².